The minimum absolute atomic E-state index is 0. The Morgan fingerprint density at radius 3 is 2.55 bits per heavy atom. The summed E-state index contributed by atoms with van der Waals surface area (Å²) in [6, 6.07) is 11.4. The molecule has 1 aromatic heterocycles. The molecule has 2 aromatic carbocycles. The molecule has 3 aromatic rings. The highest BCUT2D eigenvalue weighted by molar-refractivity contribution is 5.74. The summed E-state index contributed by atoms with van der Waals surface area (Å²) in [6.07, 6.45) is 1.83. The molecule has 3 rings (SSSR count). The number of hydrogen-bond acceptors (Lipinski definition) is 0. The van der Waals surface area contributed by atoms with Crippen LogP contribution in [0.15, 0.2) is 48.8 Å². The van der Waals surface area contributed by atoms with E-state index in [0.717, 1.165) is 23.6 Å². The summed E-state index contributed by atoms with van der Waals surface area (Å²) < 4.78 is 30.7. The Labute approximate surface area is 132 Å². The number of hydrogen-bond donors (Lipinski definition) is 0. The molecule has 1 heterocycles. The molecule has 0 saturated heterocycles. The van der Waals surface area contributed by atoms with Crippen molar-refractivity contribution in [1.29, 1.82) is 0 Å². The number of nitrogens with zero attached hydrogens (tertiary/aromatic N) is 2. The maximum atomic E-state index is 13.9. The molecule has 104 valence electrons. The normalized spacial score (nSPS) is 10.6. The van der Waals surface area contributed by atoms with Gasteiger partial charge in [0.25, 0.3) is 0 Å². The van der Waals surface area contributed by atoms with E-state index in [9.17, 15) is 8.78 Å². The molecule has 5 heteroatoms. The number of para-hydroxylation sites is 2. The summed E-state index contributed by atoms with van der Waals surface area (Å²) >= 11 is 0. The highest BCUT2D eigenvalue weighted by Crippen LogP contribution is 2.20. The maximum absolute atomic E-state index is 13.9. The first-order valence-corrected chi connectivity index (χ1v) is 6.15. The van der Waals surface area contributed by atoms with Gasteiger partial charge in [0.1, 0.15) is 5.82 Å². The molecular formula is C15H13F2IN2. The van der Waals surface area contributed by atoms with Crippen molar-refractivity contribution in [3.63, 3.8) is 0 Å². The average molecular weight is 386 g/mol. The zero-order chi connectivity index (χ0) is 13.4. The van der Waals surface area contributed by atoms with Crippen molar-refractivity contribution in [1.82, 2.24) is 4.57 Å². The van der Waals surface area contributed by atoms with Crippen LogP contribution in [0.25, 0.3) is 16.7 Å². The van der Waals surface area contributed by atoms with Crippen LogP contribution < -0.4 is 28.5 Å². The van der Waals surface area contributed by atoms with Crippen LogP contribution in [-0.2, 0) is 6.54 Å². The third-order valence-electron chi connectivity index (χ3n) is 3.22. The minimum atomic E-state index is -0.568. The molecule has 0 aliphatic heterocycles. The van der Waals surface area contributed by atoms with Crippen molar-refractivity contribution in [2.24, 2.45) is 0 Å². The van der Waals surface area contributed by atoms with Gasteiger partial charge in [0, 0.05) is 6.07 Å². The van der Waals surface area contributed by atoms with Crippen LogP contribution in [0.4, 0.5) is 8.78 Å². The quantitative estimate of drug-likeness (QED) is 0.440. The molecular weight excluding hydrogens is 373 g/mol. The van der Waals surface area contributed by atoms with Gasteiger partial charge in [-0.15, -0.1) is 0 Å². The Bertz CT molecular complexity index is 753. The molecule has 0 bridgehead atoms. The highest BCUT2D eigenvalue weighted by atomic mass is 127. The first-order chi connectivity index (χ1) is 9.20. The van der Waals surface area contributed by atoms with Crippen LogP contribution in [0, 0.1) is 11.6 Å². The van der Waals surface area contributed by atoms with Gasteiger partial charge in [-0.25, -0.2) is 13.3 Å². The maximum Gasteiger partial charge on any atom is 0.250 e. The van der Waals surface area contributed by atoms with Gasteiger partial charge >= 0.3 is 0 Å². The van der Waals surface area contributed by atoms with E-state index in [0.29, 0.717) is 5.69 Å². The lowest BCUT2D eigenvalue weighted by molar-refractivity contribution is -0.668. The van der Waals surface area contributed by atoms with Crippen molar-refractivity contribution < 1.29 is 37.3 Å². The van der Waals surface area contributed by atoms with E-state index < -0.39 is 11.6 Å². The Hall–Kier alpha value is -1.50. The number of aromatic nitrogens is 2. The van der Waals surface area contributed by atoms with Gasteiger partial charge in [0.2, 0.25) is 6.33 Å². The fourth-order valence-electron chi connectivity index (χ4n) is 2.30. The molecule has 0 spiro atoms. The molecule has 0 aliphatic rings. The third kappa shape index (κ3) is 2.42. The Morgan fingerprint density at radius 2 is 1.85 bits per heavy atom. The van der Waals surface area contributed by atoms with Crippen molar-refractivity contribution in [2.45, 2.75) is 13.5 Å². The summed E-state index contributed by atoms with van der Waals surface area (Å²) in [4.78, 5) is 0. The molecule has 2 nitrogen and oxygen atoms in total. The molecule has 20 heavy (non-hydrogen) atoms. The predicted octanol–water partition coefficient (Wildman–Crippen LogP) is 0.220. The van der Waals surface area contributed by atoms with Crippen LogP contribution in [0.2, 0.25) is 0 Å². The highest BCUT2D eigenvalue weighted by Gasteiger charge is 2.18. The van der Waals surface area contributed by atoms with Crippen molar-refractivity contribution in [3.05, 3.63) is 60.4 Å². The Morgan fingerprint density at radius 1 is 1.10 bits per heavy atom. The van der Waals surface area contributed by atoms with Crippen LogP contribution in [-0.4, -0.2) is 4.57 Å². The van der Waals surface area contributed by atoms with E-state index in [1.54, 1.807) is 4.57 Å². The SMILES string of the molecule is CC[n+]1cn(-c2ccc(F)cc2F)c2ccccc21.[I-]. The average Bonchev–Trinajstić information content (AvgIpc) is 2.78. The fourth-order valence-corrected chi connectivity index (χ4v) is 2.30. The topological polar surface area (TPSA) is 8.81 Å². The monoisotopic (exact) mass is 386 g/mol. The van der Waals surface area contributed by atoms with E-state index >= 15 is 0 Å². The molecule has 0 radical (unpaired) electrons. The van der Waals surface area contributed by atoms with Crippen LogP contribution in [0.5, 0.6) is 0 Å². The number of rotatable bonds is 2. The van der Waals surface area contributed by atoms with Gasteiger partial charge in [0.15, 0.2) is 22.5 Å². The van der Waals surface area contributed by atoms with E-state index in [-0.39, 0.29) is 24.0 Å². The molecule has 0 saturated carbocycles. The van der Waals surface area contributed by atoms with E-state index in [1.165, 1.54) is 12.1 Å². The molecule has 0 atom stereocenters. The third-order valence-corrected chi connectivity index (χ3v) is 3.22. The van der Waals surface area contributed by atoms with Crippen LogP contribution in [0.3, 0.4) is 0 Å². The predicted molar refractivity (Wildman–Crippen MR) is 69.1 cm³/mol. The Kier molecular flexibility index (Phi) is 4.37. The van der Waals surface area contributed by atoms with Gasteiger partial charge in [-0.2, -0.15) is 4.57 Å². The zero-order valence-corrected chi connectivity index (χ0v) is 13.0. The van der Waals surface area contributed by atoms with E-state index in [4.69, 9.17) is 0 Å². The standard InChI is InChI=1S/C15H13F2N2.HI/c1-2-18-10-19(15-6-4-3-5-14(15)18)13-8-7-11(16)9-12(13)17;/h3-10H,2H2,1H3;1H/q+1;/p-1. The second-order valence-corrected chi connectivity index (χ2v) is 4.36. The van der Waals surface area contributed by atoms with Gasteiger partial charge in [-0.3, -0.25) is 0 Å². The van der Waals surface area contributed by atoms with Gasteiger partial charge in [-0.1, -0.05) is 12.1 Å². The van der Waals surface area contributed by atoms with Crippen LogP contribution >= 0.6 is 0 Å². The lowest BCUT2D eigenvalue weighted by Crippen LogP contribution is -3.00. The van der Waals surface area contributed by atoms with Gasteiger partial charge in [0.05, 0.1) is 6.54 Å². The van der Waals surface area contributed by atoms with E-state index in [1.807, 2.05) is 42.1 Å². The number of halogens is 3. The summed E-state index contributed by atoms with van der Waals surface area (Å²) in [5, 5.41) is 0. The summed E-state index contributed by atoms with van der Waals surface area (Å²) in [6.45, 7) is 2.81. The lowest BCUT2D eigenvalue weighted by atomic mass is 10.2. The number of fused-ring (bicyclic) bond motifs is 1. The first-order valence-electron chi connectivity index (χ1n) is 6.15. The molecule has 0 amide bonds. The van der Waals surface area contributed by atoms with Crippen molar-refractivity contribution in [3.8, 4) is 5.69 Å². The second-order valence-electron chi connectivity index (χ2n) is 4.36. The second kappa shape index (κ2) is 5.87. The summed E-state index contributed by atoms with van der Waals surface area (Å²) in [7, 11) is 0. The number of benzene rings is 2. The zero-order valence-electron chi connectivity index (χ0n) is 10.9. The first kappa shape index (κ1) is 14.9. The number of aryl methyl sites for hydroxylation is 1. The Balaban J connectivity index is 0.00000147. The largest absolute Gasteiger partial charge is 1.00 e. The van der Waals surface area contributed by atoms with Gasteiger partial charge in [-0.05, 0) is 31.2 Å². The lowest BCUT2D eigenvalue weighted by Gasteiger charge is -1.99. The molecule has 0 N–H and O–H groups in total. The van der Waals surface area contributed by atoms with Gasteiger partial charge < -0.3 is 24.0 Å². The summed E-state index contributed by atoms with van der Waals surface area (Å²) in [5.74, 6) is -1.13. The molecule has 0 aliphatic carbocycles. The van der Waals surface area contributed by atoms with Crippen LogP contribution in [0.1, 0.15) is 6.92 Å². The molecule has 0 unspecified atom stereocenters. The van der Waals surface area contributed by atoms with E-state index in [2.05, 4.69) is 0 Å². The minimum Gasteiger partial charge on any atom is -1.00 e. The fraction of sp³-hybridized carbons (Fsp3) is 0.133. The smallest absolute Gasteiger partial charge is 0.250 e. The van der Waals surface area contributed by atoms with Crippen molar-refractivity contribution >= 4 is 11.0 Å². The summed E-state index contributed by atoms with van der Waals surface area (Å²) in [5.41, 5.74) is 2.27. The molecule has 0 fully saturated rings. The number of imidazole rings is 1. The van der Waals surface area contributed by atoms with Crippen molar-refractivity contribution in [2.75, 3.05) is 0 Å².